The minimum absolute atomic E-state index is 0.0714. The molecule has 0 saturated heterocycles. The van der Waals surface area contributed by atoms with Crippen LogP contribution < -0.4 is 0 Å². The summed E-state index contributed by atoms with van der Waals surface area (Å²) in [6, 6.07) is 6.26. The minimum atomic E-state index is -0.425. The molecule has 0 amide bonds. The molecule has 102 valence electrons. The molecular weight excluding hydrogens is 242 g/mol. The fraction of sp³-hybridized carbons (Fsp3) is 0.533. The quantitative estimate of drug-likeness (QED) is 0.579. The van der Waals surface area contributed by atoms with Crippen molar-refractivity contribution in [1.29, 1.82) is 0 Å². The lowest BCUT2D eigenvalue weighted by Crippen LogP contribution is -2.05. The van der Waals surface area contributed by atoms with Crippen LogP contribution in [0.4, 0.5) is 5.69 Å². The van der Waals surface area contributed by atoms with Crippen molar-refractivity contribution >= 4 is 11.5 Å². The third kappa shape index (κ3) is 4.16. The van der Waals surface area contributed by atoms with E-state index in [2.05, 4.69) is 0 Å². The number of hydrogen-bond donors (Lipinski definition) is 0. The van der Waals surface area contributed by atoms with Crippen molar-refractivity contribution in [2.45, 2.75) is 44.9 Å². The molecule has 4 heteroatoms. The molecule has 0 spiro atoms. The zero-order chi connectivity index (χ0) is 13.7. The van der Waals surface area contributed by atoms with E-state index in [4.69, 9.17) is 0 Å². The van der Waals surface area contributed by atoms with Gasteiger partial charge in [0.05, 0.1) is 4.92 Å². The third-order valence-electron chi connectivity index (χ3n) is 3.85. The molecule has 0 heterocycles. The Bertz CT molecular complexity index is 447. The van der Waals surface area contributed by atoms with Gasteiger partial charge in [-0.3, -0.25) is 14.9 Å². The summed E-state index contributed by atoms with van der Waals surface area (Å²) in [5.41, 5.74) is 0.934. The number of nitro groups is 1. The van der Waals surface area contributed by atoms with Gasteiger partial charge in [-0.15, -0.1) is 0 Å². The Morgan fingerprint density at radius 1 is 1.21 bits per heavy atom. The van der Waals surface area contributed by atoms with Crippen molar-refractivity contribution in [2.75, 3.05) is 0 Å². The van der Waals surface area contributed by atoms with Gasteiger partial charge < -0.3 is 0 Å². The van der Waals surface area contributed by atoms with Gasteiger partial charge in [-0.2, -0.15) is 0 Å². The molecule has 0 bridgehead atoms. The third-order valence-corrected chi connectivity index (χ3v) is 3.85. The fourth-order valence-electron chi connectivity index (χ4n) is 2.72. The van der Waals surface area contributed by atoms with Crippen LogP contribution >= 0.6 is 0 Å². The van der Waals surface area contributed by atoms with E-state index in [0.29, 0.717) is 12.8 Å². The second kappa shape index (κ2) is 6.45. The van der Waals surface area contributed by atoms with Gasteiger partial charge >= 0.3 is 0 Å². The van der Waals surface area contributed by atoms with Crippen LogP contribution in [0.3, 0.4) is 0 Å². The number of carbonyl (C=O) groups excluding carboxylic acids is 1. The van der Waals surface area contributed by atoms with E-state index in [1.807, 2.05) is 0 Å². The molecule has 1 fully saturated rings. The molecule has 1 aromatic rings. The number of nitro benzene ring substituents is 1. The number of Topliss-reactive ketones (excluding diaryl/α,β-unsaturated/α-hetero) is 1. The Kier molecular flexibility index (Phi) is 4.66. The van der Waals surface area contributed by atoms with E-state index < -0.39 is 4.92 Å². The van der Waals surface area contributed by atoms with Crippen LogP contribution in [0, 0.1) is 16.0 Å². The highest BCUT2D eigenvalue weighted by atomic mass is 16.6. The summed E-state index contributed by atoms with van der Waals surface area (Å²) >= 11 is 0. The highest BCUT2D eigenvalue weighted by Crippen LogP contribution is 2.28. The molecule has 0 atom stereocenters. The van der Waals surface area contributed by atoms with E-state index in [1.165, 1.54) is 37.8 Å². The lowest BCUT2D eigenvalue weighted by molar-refractivity contribution is -0.384. The number of non-ortho nitro benzene ring substituents is 1. The van der Waals surface area contributed by atoms with Crippen molar-refractivity contribution in [3.8, 4) is 0 Å². The second-order valence-electron chi connectivity index (χ2n) is 5.33. The van der Waals surface area contributed by atoms with Crippen LogP contribution in [-0.2, 0) is 11.2 Å². The number of hydrogen-bond acceptors (Lipinski definition) is 3. The smallest absolute Gasteiger partial charge is 0.269 e. The first-order chi connectivity index (χ1) is 9.15. The summed E-state index contributed by atoms with van der Waals surface area (Å²) in [7, 11) is 0. The first kappa shape index (κ1) is 13.7. The van der Waals surface area contributed by atoms with E-state index in [9.17, 15) is 14.9 Å². The maximum absolute atomic E-state index is 11.9. The SMILES string of the molecule is O=C(CCC1CCCC1)Cc1ccc([N+](=O)[O-])cc1. The molecule has 4 nitrogen and oxygen atoms in total. The Morgan fingerprint density at radius 3 is 2.42 bits per heavy atom. The van der Waals surface area contributed by atoms with Crippen molar-refractivity contribution in [1.82, 2.24) is 0 Å². The summed E-state index contributed by atoms with van der Waals surface area (Å²) in [5, 5.41) is 10.5. The zero-order valence-electron chi connectivity index (χ0n) is 11.0. The summed E-state index contributed by atoms with van der Waals surface area (Å²) < 4.78 is 0. The van der Waals surface area contributed by atoms with Gasteiger partial charge in [0, 0.05) is 25.0 Å². The topological polar surface area (TPSA) is 60.2 Å². The summed E-state index contributed by atoms with van der Waals surface area (Å²) in [6.45, 7) is 0. The van der Waals surface area contributed by atoms with Crippen molar-refractivity contribution in [2.24, 2.45) is 5.92 Å². The van der Waals surface area contributed by atoms with Gasteiger partial charge in [-0.1, -0.05) is 37.8 Å². The largest absolute Gasteiger partial charge is 0.299 e. The molecule has 0 unspecified atom stereocenters. The molecule has 1 aromatic carbocycles. The molecule has 1 aliphatic rings. The van der Waals surface area contributed by atoms with Crippen molar-refractivity contribution in [3.63, 3.8) is 0 Å². The number of nitrogens with zero attached hydrogens (tertiary/aromatic N) is 1. The summed E-state index contributed by atoms with van der Waals surface area (Å²) in [4.78, 5) is 22.0. The molecule has 0 N–H and O–H groups in total. The molecule has 0 radical (unpaired) electrons. The lowest BCUT2D eigenvalue weighted by Gasteiger charge is -2.07. The fourth-order valence-corrected chi connectivity index (χ4v) is 2.72. The molecular formula is C15H19NO3. The normalized spacial score (nSPS) is 15.6. The monoisotopic (exact) mass is 261 g/mol. The highest BCUT2D eigenvalue weighted by Gasteiger charge is 2.16. The van der Waals surface area contributed by atoms with Gasteiger partial charge in [0.15, 0.2) is 0 Å². The van der Waals surface area contributed by atoms with Crippen LogP contribution in [0.25, 0.3) is 0 Å². The van der Waals surface area contributed by atoms with E-state index in [-0.39, 0.29) is 11.5 Å². The average molecular weight is 261 g/mol. The van der Waals surface area contributed by atoms with Gasteiger partial charge in [-0.25, -0.2) is 0 Å². The highest BCUT2D eigenvalue weighted by molar-refractivity contribution is 5.80. The molecule has 19 heavy (non-hydrogen) atoms. The maximum atomic E-state index is 11.9. The van der Waals surface area contributed by atoms with Crippen molar-refractivity contribution < 1.29 is 9.72 Å². The molecule has 1 aliphatic carbocycles. The van der Waals surface area contributed by atoms with Crippen LogP contribution in [-0.4, -0.2) is 10.7 Å². The number of rotatable bonds is 6. The lowest BCUT2D eigenvalue weighted by atomic mass is 9.97. The molecule has 0 aromatic heterocycles. The Balaban J connectivity index is 1.79. The second-order valence-corrected chi connectivity index (χ2v) is 5.33. The van der Waals surface area contributed by atoms with Gasteiger partial charge in [0.1, 0.15) is 5.78 Å². The van der Waals surface area contributed by atoms with Crippen LogP contribution in [0.5, 0.6) is 0 Å². The molecule has 1 saturated carbocycles. The summed E-state index contributed by atoms with van der Waals surface area (Å²) in [6.07, 6.45) is 7.19. The molecule has 2 rings (SSSR count). The predicted molar refractivity (Wildman–Crippen MR) is 73.0 cm³/mol. The maximum Gasteiger partial charge on any atom is 0.269 e. The van der Waals surface area contributed by atoms with Crippen molar-refractivity contribution in [3.05, 3.63) is 39.9 Å². The van der Waals surface area contributed by atoms with Gasteiger partial charge in [0.2, 0.25) is 0 Å². The average Bonchev–Trinajstić information content (AvgIpc) is 2.90. The predicted octanol–water partition coefficient (Wildman–Crippen LogP) is 3.68. The Morgan fingerprint density at radius 2 is 1.84 bits per heavy atom. The first-order valence-corrected chi connectivity index (χ1v) is 6.90. The zero-order valence-corrected chi connectivity index (χ0v) is 11.0. The number of ketones is 1. The Labute approximate surface area is 113 Å². The first-order valence-electron chi connectivity index (χ1n) is 6.90. The Hall–Kier alpha value is -1.71. The van der Waals surface area contributed by atoms with Gasteiger partial charge in [-0.05, 0) is 17.9 Å². The number of benzene rings is 1. The van der Waals surface area contributed by atoms with Crippen LogP contribution in [0.1, 0.15) is 44.1 Å². The number of carbonyl (C=O) groups is 1. The van der Waals surface area contributed by atoms with E-state index in [0.717, 1.165) is 17.9 Å². The van der Waals surface area contributed by atoms with Crippen LogP contribution in [0.2, 0.25) is 0 Å². The standard InChI is InChI=1S/C15H19NO3/c17-15(10-7-12-3-1-2-4-12)11-13-5-8-14(9-6-13)16(18)19/h5-6,8-9,12H,1-4,7,10-11H2. The van der Waals surface area contributed by atoms with E-state index >= 15 is 0 Å². The van der Waals surface area contributed by atoms with Crippen LogP contribution in [0.15, 0.2) is 24.3 Å². The van der Waals surface area contributed by atoms with E-state index in [1.54, 1.807) is 12.1 Å². The molecule has 0 aliphatic heterocycles. The van der Waals surface area contributed by atoms with Gasteiger partial charge in [0.25, 0.3) is 5.69 Å². The summed E-state index contributed by atoms with van der Waals surface area (Å²) in [5.74, 6) is 0.974. The minimum Gasteiger partial charge on any atom is -0.299 e.